The predicted molar refractivity (Wildman–Crippen MR) is 119 cm³/mol. The zero-order valence-corrected chi connectivity index (χ0v) is 17.9. The number of pyridine rings is 1. The summed E-state index contributed by atoms with van der Waals surface area (Å²) in [5, 5.41) is 11.0. The number of ether oxygens (including phenoxy) is 1. The first kappa shape index (κ1) is 21.4. The molecule has 158 valence electrons. The zero-order valence-electron chi connectivity index (χ0n) is 17.9. The molecule has 2 heterocycles. The largest absolute Gasteiger partial charge is 0.475 e. The molecule has 0 aliphatic heterocycles. The minimum Gasteiger partial charge on any atom is -0.475 e. The molecule has 2 aromatic heterocycles. The molecular weight excluding hydrogens is 376 g/mol. The summed E-state index contributed by atoms with van der Waals surface area (Å²) in [6.45, 7) is 8.79. The van der Waals surface area contributed by atoms with Gasteiger partial charge >= 0.3 is 0 Å². The van der Waals surface area contributed by atoms with Crippen molar-refractivity contribution in [2.24, 2.45) is 4.99 Å². The molecule has 30 heavy (non-hydrogen) atoms. The van der Waals surface area contributed by atoms with Crippen LogP contribution in [0.25, 0.3) is 0 Å². The SMILES string of the molecule is CCNC(=NCc1ccc(OC(C)C)nc1)NCc1ccccc1Cn1cccn1. The topological polar surface area (TPSA) is 76.4 Å². The van der Waals surface area contributed by atoms with Crippen molar-refractivity contribution in [3.05, 3.63) is 77.7 Å². The second-order valence-corrected chi connectivity index (χ2v) is 7.19. The molecule has 0 fully saturated rings. The molecule has 0 aliphatic carbocycles. The smallest absolute Gasteiger partial charge is 0.213 e. The monoisotopic (exact) mass is 406 g/mol. The van der Waals surface area contributed by atoms with Gasteiger partial charge in [-0.2, -0.15) is 5.10 Å². The summed E-state index contributed by atoms with van der Waals surface area (Å²) < 4.78 is 7.52. The molecule has 3 rings (SSSR count). The van der Waals surface area contributed by atoms with Gasteiger partial charge in [-0.25, -0.2) is 9.98 Å². The lowest BCUT2D eigenvalue weighted by atomic mass is 10.1. The third-order valence-electron chi connectivity index (χ3n) is 4.37. The molecule has 0 aliphatic rings. The van der Waals surface area contributed by atoms with Crippen LogP contribution in [0, 0.1) is 0 Å². The Morgan fingerprint density at radius 2 is 1.93 bits per heavy atom. The second-order valence-electron chi connectivity index (χ2n) is 7.19. The molecule has 2 N–H and O–H groups in total. The Labute approximate surface area is 178 Å². The van der Waals surface area contributed by atoms with Crippen LogP contribution in [-0.2, 0) is 19.6 Å². The van der Waals surface area contributed by atoms with Gasteiger partial charge in [0, 0.05) is 37.7 Å². The standard InChI is InChI=1S/C23H30N6O/c1-4-24-23(26-15-19-10-11-22(25-14-19)30-18(2)3)27-16-20-8-5-6-9-21(20)17-29-13-7-12-28-29/h5-14,18H,4,15-17H2,1-3H3,(H2,24,26,27). The van der Waals surface area contributed by atoms with Crippen molar-refractivity contribution in [2.75, 3.05) is 6.54 Å². The summed E-state index contributed by atoms with van der Waals surface area (Å²) in [4.78, 5) is 9.03. The Morgan fingerprint density at radius 1 is 1.10 bits per heavy atom. The van der Waals surface area contributed by atoms with Gasteiger partial charge in [0.05, 0.1) is 19.2 Å². The summed E-state index contributed by atoms with van der Waals surface area (Å²) in [5.74, 6) is 1.41. The molecule has 0 atom stereocenters. The highest BCUT2D eigenvalue weighted by Gasteiger charge is 2.05. The maximum absolute atomic E-state index is 5.59. The second kappa shape index (κ2) is 11.0. The Bertz CT molecular complexity index is 919. The van der Waals surface area contributed by atoms with E-state index in [1.807, 2.05) is 49.1 Å². The molecule has 0 radical (unpaired) electrons. The molecule has 0 spiro atoms. The van der Waals surface area contributed by atoms with Crippen LogP contribution in [0.5, 0.6) is 5.88 Å². The van der Waals surface area contributed by atoms with Gasteiger partial charge in [-0.1, -0.05) is 30.3 Å². The minimum absolute atomic E-state index is 0.113. The van der Waals surface area contributed by atoms with Crippen LogP contribution in [0.15, 0.2) is 66.0 Å². The molecule has 3 aromatic rings. The number of aromatic nitrogens is 3. The number of guanidine groups is 1. The Morgan fingerprint density at radius 3 is 2.60 bits per heavy atom. The van der Waals surface area contributed by atoms with Gasteiger partial charge in [-0.15, -0.1) is 0 Å². The normalized spacial score (nSPS) is 11.5. The van der Waals surface area contributed by atoms with Crippen LogP contribution in [0.1, 0.15) is 37.5 Å². The lowest BCUT2D eigenvalue weighted by Gasteiger charge is -2.14. The van der Waals surface area contributed by atoms with Crippen molar-refractivity contribution in [1.82, 2.24) is 25.4 Å². The Balaban J connectivity index is 1.62. The van der Waals surface area contributed by atoms with Crippen molar-refractivity contribution in [1.29, 1.82) is 0 Å². The molecular formula is C23H30N6O. The number of rotatable bonds is 9. The molecule has 0 saturated heterocycles. The van der Waals surface area contributed by atoms with Crippen molar-refractivity contribution in [2.45, 2.75) is 46.5 Å². The summed E-state index contributed by atoms with van der Waals surface area (Å²) in [5.41, 5.74) is 3.48. The Kier molecular flexibility index (Phi) is 7.83. The highest BCUT2D eigenvalue weighted by Crippen LogP contribution is 2.11. The fourth-order valence-corrected chi connectivity index (χ4v) is 2.96. The van der Waals surface area contributed by atoms with E-state index in [4.69, 9.17) is 9.73 Å². The van der Waals surface area contributed by atoms with Gasteiger partial charge in [0.25, 0.3) is 0 Å². The van der Waals surface area contributed by atoms with Gasteiger partial charge in [0.15, 0.2) is 5.96 Å². The van der Waals surface area contributed by atoms with Gasteiger partial charge in [-0.05, 0) is 43.5 Å². The molecule has 7 nitrogen and oxygen atoms in total. The highest BCUT2D eigenvalue weighted by atomic mass is 16.5. The molecule has 0 unspecified atom stereocenters. The average Bonchev–Trinajstić information content (AvgIpc) is 3.25. The van der Waals surface area contributed by atoms with Crippen molar-refractivity contribution in [3.8, 4) is 5.88 Å². The molecule has 0 saturated carbocycles. The zero-order chi connectivity index (χ0) is 21.2. The van der Waals surface area contributed by atoms with Crippen LogP contribution in [0.4, 0.5) is 0 Å². The fourth-order valence-electron chi connectivity index (χ4n) is 2.96. The van der Waals surface area contributed by atoms with Crippen LogP contribution in [-0.4, -0.2) is 33.4 Å². The number of benzene rings is 1. The first-order chi connectivity index (χ1) is 14.6. The highest BCUT2D eigenvalue weighted by molar-refractivity contribution is 5.79. The van der Waals surface area contributed by atoms with Crippen molar-refractivity contribution < 1.29 is 4.74 Å². The molecule has 0 bridgehead atoms. The summed E-state index contributed by atoms with van der Waals surface area (Å²) in [6.07, 6.45) is 5.69. The summed E-state index contributed by atoms with van der Waals surface area (Å²) in [6, 6.07) is 14.2. The van der Waals surface area contributed by atoms with E-state index < -0.39 is 0 Å². The average molecular weight is 407 g/mol. The van der Waals surface area contributed by atoms with Crippen molar-refractivity contribution >= 4 is 5.96 Å². The van der Waals surface area contributed by atoms with Crippen LogP contribution in [0.2, 0.25) is 0 Å². The molecule has 7 heteroatoms. The first-order valence-electron chi connectivity index (χ1n) is 10.3. The summed E-state index contributed by atoms with van der Waals surface area (Å²) >= 11 is 0. The number of hydrogen-bond acceptors (Lipinski definition) is 4. The first-order valence-corrected chi connectivity index (χ1v) is 10.3. The van der Waals surface area contributed by atoms with E-state index in [1.54, 1.807) is 6.20 Å². The number of nitrogens with one attached hydrogen (secondary N) is 2. The predicted octanol–water partition coefficient (Wildman–Crippen LogP) is 3.37. The van der Waals surface area contributed by atoms with Gasteiger partial charge in [0.2, 0.25) is 5.88 Å². The Hall–Kier alpha value is -3.35. The maximum Gasteiger partial charge on any atom is 0.213 e. The summed E-state index contributed by atoms with van der Waals surface area (Å²) in [7, 11) is 0. The number of aliphatic imine (C=N–C) groups is 1. The number of nitrogens with zero attached hydrogens (tertiary/aromatic N) is 4. The van der Waals surface area contributed by atoms with Crippen LogP contribution >= 0.6 is 0 Å². The van der Waals surface area contributed by atoms with E-state index in [2.05, 4.69) is 51.9 Å². The van der Waals surface area contributed by atoms with E-state index in [0.717, 1.165) is 24.6 Å². The van der Waals surface area contributed by atoms with Gasteiger partial charge in [-0.3, -0.25) is 4.68 Å². The minimum atomic E-state index is 0.113. The number of hydrogen-bond donors (Lipinski definition) is 2. The van der Waals surface area contributed by atoms with Crippen molar-refractivity contribution in [3.63, 3.8) is 0 Å². The van der Waals surface area contributed by atoms with E-state index in [-0.39, 0.29) is 6.10 Å². The third-order valence-corrected chi connectivity index (χ3v) is 4.37. The van der Waals surface area contributed by atoms with E-state index >= 15 is 0 Å². The van der Waals surface area contributed by atoms with E-state index in [1.165, 1.54) is 11.1 Å². The van der Waals surface area contributed by atoms with Crippen LogP contribution in [0.3, 0.4) is 0 Å². The maximum atomic E-state index is 5.59. The van der Waals surface area contributed by atoms with Gasteiger partial charge in [0.1, 0.15) is 0 Å². The fraction of sp³-hybridized carbons (Fsp3) is 0.348. The van der Waals surface area contributed by atoms with Crippen LogP contribution < -0.4 is 15.4 Å². The quantitative estimate of drug-likeness (QED) is 0.421. The molecule has 1 aromatic carbocycles. The van der Waals surface area contributed by atoms with E-state index in [0.29, 0.717) is 19.0 Å². The lowest BCUT2D eigenvalue weighted by Crippen LogP contribution is -2.37. The molecule has 0 amide bonds. The lowest BCUT2D eigenvalue weighted by molar-refractivity contribution is 0.232. The third kappa shape index (κ3) is 6.62. The van der Waals surface area contributed by atoms with E-state index in [9.17, 15) is 0 Å². The van der Waals surface area contributed by atoms with Gasteiger partial charge < -0.3 is 15.4 Å².